The van der Waals surface area contributed by atoms with Gasteiger partial charge in [0.1, 0.15) is 19.0 Å². The van der Waals surface area contributed by atoms with Gasteiger partial charge in [-0.05, 0) is 82.2 Å². The topological polar surface area (TPSA) is 153 Å². The normalized spacial score (nSPS) is 11.5. The van der Waals surface area contributed by atoms with Crippen molar-refractivity contribution in [3.63, 3.8) is 0 Å². The Balaban J connectivity index is 1.23. The van der Waals surface area contributed by atoms with Crippen LogP contribution in [0.2, 0.25) is 5.02 Å². The Hall–Kier alpha value is -5.88. The van der Waals surface area contributed by atoms with Gasteiger partial charge in [-0.15, -0.1) is 5.10 Å². The van der Waals surface area contributed by atoms with E-state index in [0.29, 0.717) is 27.6 Å². The SMILES string of the molecule is O=C(/C=C/c1cc(Cl)ccc1-n1cnnn1)N[C@@H](Cc1ccccc1)C(=O)Nc1ccc(NC(=O)OCc2ccncc2)cc1. The first-order chi connectivity index (χ1) is 21.9. The average molecular weight is 623 g/mol. The first-order valence-electron chi connectivity index (χ1n) is 13.7. The number of benzene rings is 3. The number of rotatable bonds is 11. The summed E-state index contributed by atoms with van der Waals surface area (Å²) in [6.45, 7) is 0.103. The van der Waals surface area contributed by atoms with Crippen molar-refractivity contribution >= 4 is 47.0 Å². The Morgan fingerprint density at radius 3 is 2.33 bits per heavy atom. The molecule has 2 heterocycles. The molecule has 0 radical (unpaired) electrons. The molecule has 0 unspecified atom stereocenters. The van der Waals surface area contributed by atoms with Gasteiger partial charge in [0, 0.05) is 46.9 Å². The van der Waals surface area contributed by atoms with Gasteiger partial charge in [-0.25, -0.2) is 4.79 Å². The van der Waals surface area contributed by atoms with Crippen LogP contribution in [0.5, 0.6) is 0 Å². The number of amides is 3. The molecule has 1 atom stereocenters. The van der Waals surface area contributed by atoms with Gasteiger partial charge in [0.05, 0.1) is 5.69 Å². The van der Waals surface area contributed by atoms with Crippen LogP contribution in [-0.2, 0) is 27.4 Å². The monoisotopic (exact) mass is 622 g/mol. The van der Waals surface area contributed by atoms with Crippen LogP contribution in [0.3, 0.4) is 0 Å². The summed E-state index contributed by atoms with van der Waals surface area (Å²) in [6.07, 6.45) is 7.19. The molecule has 12 nitrogen and oxygen atoms in total. The molecule has 226 valence electrons. The van der Waals surface area contributed by atoms with E-state index in [1.54, 1.807) is 73.1 Å². The molecule has 5 aromatic rings. The molecule has 0 saturated heterocycles. The molecular formula is C32H27ClN8O4. The third-order valence-corrected chi connectivity index (χ3v) is 6.67. The third-order valence-electron chi connectivity index (χ3n) is 6.43. The van der Waals surface area contributed by atoms with Gasteiger partial charge in [0.25, 0.3) is 0 Å². The molecule has 3 N–H and O–H groups in total. The van der Waals surface area contributed by atoms with Gasteiger partial charge >= 0.3 is 6.09 Å². The molecule has 0 bridgehead atoms. The minimum absolute atomic E-state index is 0.103. The lowest BCUT2D eigenvalue weighted by Crippen LogP contribution is -2.44. The fourth-order valence-corrected chi connectivity index (χ4v) is 4.41. The fourth-order valence-electron chi connectivity index (χ4n) is 4.23. The second kappa shape index (κ2) is 15.0. The van der Waals surface area contributed by atoms with E-state index in [0.717, 1.165) is 11.1 Å². The molecule has 45 heavy (non-hydrogen) atoms. The van der Waals surface area contributed by atoms with Crippen molar-refractivity contribution < 1.29 is 19.1 Å². The maximum Gasteiger partial charge on any atom is 0.411 e. The number of anilines is 2. The molecular weight excluding hydrogens is 596 g/mol. The number of hydrogen-bond acceptors (Lipinski definition) is 8. The lowest BCUT2D eigenvalue weighted by Gasteiger charge is -2.18. The standard InChI is InChI=1S/C32H27ClN8O4/c33-25-7-12-29(41-21-35-39-40-41)24(19-25)6-13-30(42)38-28(18-22-4-2-1-3-5-22)31(43)36-26-8-10-27(11-9-26)37-32(44)45-20-23-14-16-34-17-15-23/h1-17,19,21,28H,18,20H2,(H,36,43)(H,37,44)(H,38,42)/b13-6+/t28-/m0/s1. The van der Waals surface area contributed by atoms with Crippen LogP contribution in [0.4, 0.5) is 16.2 Å². The smallest absolute Gasteiger partial charge is 0.411 e. The number of tetrazole rings is 1. The van der Waals surface area contributed by atoms with Crippen molar-refractivity contribution in [1.82, 2.24) is 30.5 Å². The second-order valence-electron chi connectivity index (χ2n) is 9.66. The molecule has 3 aromatic carbocycles. The summed E-state index contributed by atoms with van der Waals surface area (Å²) in [5.74, 6) is -0.909. The highest BCUT2D eigenvalue weighted by Gasteiger charge is 2.21. The van der Waals surface area contributed by atoms with Crippen LogP contribution in [0, 0.1) is 0 Å². The molecule has 13 heteroatoms. The Kier molecular flexibility index (Phi) is 10.2. The highest BCUT2D eigenvalue weighted by atomic mass is 35.5. The summed E-state index contributed by atoms with van der Waals surface area (Å²) in [6, 6.07) is 23.6. The van der Waals surface area contributed by atoms with E-state index in [9.17, 15) is 14.4 Å². The number of nitrogens with one attached hydrogen (secondary N) is 3. The number of carbonyl (C=O) groups is 3. The lowest BCUT2D eigenvalue weighted by molar-refractivity contribution is -0.123. The van der Waals surface area contributed by atoms with Crippen molar-refractivity contribution in [2.75, 3.05) is 10.6 Å². The molecule has 0 aliphatic heterocycles. The molecule has 3 amide bonds. The lowest BCUT2D eigenvalue weighted by atomic mass is 10.0. The Morgan fingerprint density at radius 1 is 0.889 bits per heavy atom. The maximum absolute atomic E-state index is 13.4. The van der Waals surface area contributed by atoms with Crippen LogP contribution in [0.1, 0.15) is 16.7 Å². The Labute approximate surface area is 263 Å². The van der Waals surface area contributed by atoms with E-state index in [4.69, 9.17) is 16.3 Å². The van der Waals surface area contributed by atoms with Gasteiger partial charge in [-0.3, -0.25) is 19.9 Å². The number of carbonyl (C=O) groups excluding carboxylic acids is 3. The number of nitrogens with zero attached hydrogens (tertiary/aromatic N) is 5. The quantitative estimate of drug-likeness (QED) is 0.177. The average Bonchev–Trinajstić information content (AvgIpc) is 3.59. The van der Waals surface area contributed by atoms with Crippen LogP contribution >= 0.6 is 11.6 Å². The zero-order valence-corrected chi connectivity index (χ0v) is 24.5. The van der Waals surface area contributed by atoms with E-state index < -0.39 is 23.9 Å². The summed E-state index contributed by atoms with van der Waals surface area (Å²) >= 11 is 6.18. The van der Waals surface area contributed by atoms with Gasteiger partial charge < -0.3 is 15.4 Å². The van der Waals surface area contributed by atoms with Crippen molar-refractivity contribution in [3.8, 4) is 5.69 Å². The second-order valence-corrected chi connectivity index (χ2v) is 10.1. The minimum Gasteiger partial charge on any atom is -0.444 e. The van der Waals surface area contributed by atoms with Crippen molar-refractivity contribution in [2.24, 2.45) is 0 Å². The predicted molar refractivity (Wildman–Crippen MR) is 168 cm³/mol. The predicted octanol–water partition coefficient (Wildman–Crippen LogP) is 4.84. The molecule has 0 saturated carbocycles. The number of ether oxygens (including phenoxy) is 1. The highest BCUT2D eigenvalue weighted by Crippen LogP contribution is 2.20. The van der Waals surface area contributed by atoms with E-state index in [2.05, 4.69) is 36.5 Å². The van der Waals surface area contributed by atoms with Gasteiger partial charge in [0.15, 0.2) is 0 Å². The zero-order chi connectivity index (χ0) is 31.4. The van der Waals surface area contributed by atoms with Crippen molar-refractivity contribution in [1.29, 1.82) is 0 Å². The van der Waals surface area contributed by atoms with Crippen molar-refractivity contribution in [3.05, 3.63) is 131 Å². The van der Waals surface area contributed by atoms with E-state index in [-0.39, 0.29) is 13.0 Å². The van der Waals surface area contributed by atoms with Gasteiger partial charge in [0.2, 0.25) is 11.8 Å². The number of aromatic nitrogens is 5. The van der Waals surface area contributed by atoms with E-state index in [1.165, 1.54) is 17.1 Å². The summed E-state index contributed by atoms with van der Waals surface area (Å²) in [4.78, 5) is 42.5. The van der Waals surface area contributed by atoms with Gasteiger partial charge in [-0.1, -0.05) is 41.9 Å². The molecule has 0 aliphatic carbocycles. The highest BCUT2D eigenvalue weighted by molar-refractivity contribution is 6.30. The zero-order valence-electron chi connectivity index (χ0n) is 23.7. The minimum atomic E-state index is -0.899. The number of halogens is 1. The summed E-state index contributed by atoms with van der Waals surface area (Å²) in [5, 5.41) is 19.9. The third kappa shape index (κ3) is 9.05. The molecule has 2 aromatic heterocycles. The first-order valence-corrected chi connectivity index (χ1v) is 14.1. The van der Waals surface area contributed by atoms with Crippen LogP contribution in [-0.4, -0.2) is 49.1 Å². The molecule has 0 fully saturated rings. The fraction of sp³-hybridized carbons (Fsp3) is 0.0938. The number of hydrogen-bond donors (Lipinski definition) is 3. The van der Waals surface area contributed by atoms with Crippen molar-refractivity contribution in [2.45, 2.75) is 19.1 Å². The summed E-state index contributed by atoms with van der Waals surface area (Å²) < 4.78 is 6.67. The van der Waals surface area contributed by atoms with Crippen LogP contribution in [0.25, 0.3) is 11.8 Å². The maximum atomic E-state index is 13.4. The van der Waals surface area contributed by atoms with Crippen LogP contribution < -0.4 is 16.0 Å². The van der Waals surface area contributed by atoms with Crippen LogP contribution in [0.15, 0.2) is 110 Å². The van der Waals surface area contributed by atoms with E-state index in [1.807, 2.05) is 30.3 Å². The Bertz CT molecular complexity index is 1770. The molecule has 5 rings (SSSR count). The first kappa shape index (κ1) is 30.6. The number of pyridine rings is 1. The molecule has 0 spiro atoms. The summed E-state index contributed by atoms with van der Waals surface area (Å²) in [5.41, 5.74) is 3.85. The van der Waals surface area contributed by atoms with E-state index >= 15 is 0 Å². The Morgan fingerprint density at radius 2 is 1.62 bits per heavy atom. The largest absolute Gasteiger partial charge is 0.444 e. The summed E-state index contributed by atoms with van der Waals surface area (Å²) in [7, 11) is 0. The molecule has 0 aliphatic rings. The van der Waals surface area contributed by atoms with Gasteiger partial charge in [-0.2, -0.15) is 4.68 Å².